The van der Waals surface area contributed by atoms with Gasteiger partial charge in [-0.25, -0.2) is 4.79 Å². The number of methoxy groups -OCH3 is 2. The van der Waals surface area contributed by atoms with Gasteiger partial charge in [-0.1, -0.05) is 6.07 Å². The summed E-state index contributed by atoms with van der Waals surface area (Å²) in [6.07, 6.45) is -5.18. The first kappa shape index (κ1) is 19.6. The van der Waals surface area contributed by atoms with E-state index < -0.39 is 18.6 Å². The molecule has 0 aliphatic carbocycles. The van der Waals surface area contributed by atoms with Crippen molar-refractivity contribution >= 4 is 11.9 Å². The number of esters is 1. The Morgan fingerprint density at radius 3 is 2.50 bits per heavy atom. The summed E-state index contributed by atoms with van der Waals surface area (Å²) < 4.78 is 46.2. The third kappa shape index (κ3) is 6.35. The van der Waals surface area contributed by atoms with Crippen LogP contribution in [0.25, 0.3) is 0 Å². The van der Waals surface area contributed by atoms with E-state index in [1.165, 1.54) is 21.3 Å². The minimum atomic E-state index is -4.22. The van der Waals surface area contributed by atoms with Gasteiger partial charge in [-0.3, -0.25) is 4.99 Å². The van der Waals surface area contributed by atoms with Crippen LogP contribution < -0.4 is 15.4 Å². The molecule has 134 valence electrons. The Balaban J connectivity index is 2.67. The lowest BCUT2D eigenvalue weighted by Crippen LogP contribution is -2.38. The number of hydrogen-bond donors (Lipinski definition) is 2. The molecule has 0 aliphatic rings. The van der Waals surface area contributed by atoms with Crippen molar-refractivity contribution in [3.8, 4) is 5.75 Å². The van der Waals surface area contributed by atoms with Crippen LogP contribution in [0, 0.1) is 0 Å². The van der Waals surface area contributed by atoms with Crippen molar-refractivity contribution in [1.29, 1.82) is 0 Å². The molecule has 0 amide bonds. The predicted octanol–water partition coefficient (Wildman–Crippen LogP) is 2.10. The van der Waals surface area contributed by atoms with Gasteiger partial charge < -0.3 is 20.1 Å². The third-order valence-corrected chi connectivity index (χ3v) is 3.05. The van der Waals surface area contributed by atoms with Gasteiger partial charge in [0.15, 0.2) is 5.96 Å². The maximum absolute atomic E-state index is 12.1. The molecule has 0 unspecified atom stereocenters. The molecule has 24 heavy (non-hydrogen) atoms. The first-order valence-corrected chi connectivity index (χ1v) is 7.07. The monoisotopic (exact) mass is 347 g/mol. The topological polar surface area (TPSA) is 72.0 Å². The zero-order valence-corrected chi connectivity index (χ0v) is 13.7. The zero-order chi connectivity index (χ0) is 18.2. The summed E-state index contributed by atoms with van der Waals surface area (Å²) in [5.74, 6) is 0.0642. The summed E-state index contributed by atoms with van der Waals surface area (Å²) in [7, 11) is 4.15. The largest absolute Gasteiger partial charge is 0.496 e. The average molecular weight is 347 g/mol. The van der Waals surface area contributed by atoms with E-state index in [2.05, 4.69) is 20.4 Å². The maximum Gasteiger partial charge on any atom is 0.390 e. The Labute approximate surface area is 138 Å². The van der Waals surface area contributed by atoms with E-state index in [1.807, 2.05) is 0 Å². The van der Waals surface area contributed by atoms with Crippen molar-refractivity contribution in [3.63, 3.8) is 0 Å². The minimum absolute atomic E-state index is 0.231. The molecule has 0 heterocycles. The smallest absolute Gasteiger partial charge is 0.390 e. The number of rotatable bonds is 6. The second-order valence-corrected chi connectivity index (χ2v) is 4.74. The molecule has 0 saturated heterocycles. The number of alkyl halides is 3. The van der Waals surface area contributed by atoms with Crippen molar-refractivity contribution in [2.45, 2.75) is 19.1 Å². The Hall–Kier alpha value is -2.45. The lowest BCUT2D eigenvalue weighted by atomic mass is 10.1. The highest BCUT2D eigenvalue weighted by Gasteiger charge is 2.26. The van der Waals surface area contributed by atoms with E-state index >= 15 is 0 Å². The van der Waals surface area contributed by atoms with Crippen LogP contribution >= 0.6 is 0 Å². The molecule has 0 bridgehead atoms. The molecule has 0 atom stereocenters. The van der Waals surface area contributed by atoms with Gasteiger partial charge in [-0.2, -0.15) is 13.2 Å². The van der Waals surface area contributed by atoms with Crippen LogP contribution in [0.3, 0.4) is 0 Å². The zero-order valence-electron chi connectivity index (χ0n) is 13.7. The van der Waals surface area contributed by atoms with E-state index in [4.69, 9.17) is 4.74 Å². The van der Waals surface area contributed by atoms with Crippen molar-refractivity contribution < 1.29 is 27.4 Å². The lowest BCUT2D eigenvalue weighted by molar-refractivity contribution is -0.132. The number of nitrogens with zero attached hydrogens (tertiary/aromatic N) is 1. The number of carbonyl (C=O) groups is 1. The number of ether oxygens (including phenoxy) is 2. The molecule has 0 saturated carbocycles. The first-order valence-electron chi connectivity index (χ1n) is 7.07. The fraction of sp³-hybridized carbons (Fsp3) is 0.467. The summed E-state index contributed by atoms with van der Waals surface area (Å²) in [5.41, 5.74) is 0.981. The summed E-state index contributed by atoms with van der Waals surface area (Å²) in [4.78, 5) is 15.6. The number of carbonyl (C=O) groups excluding carboxylic acids is 1. The van der Waals surface area contributed by atoms with E-state index in [9.17, 15) is 18.0 Å². The second kappa shape index (κ2) is 8.99. The molecule has 0 fully saturated rings. The maximum atomic E-state index is 12.1. The van der Waals surface area contributed by atoms with Gasteiger partial charge in [0.1, 0.15) is 11.3 Å². The highest BCUT2D eigenvalue weighted by molar-refractivity contribution is 5.92. The normalized spacial score (nSPS) is 11.8. The van der Waals surface area contributed by atoms with Crippen molar-refractivity contribution in [2.24, 2.45) is 4.99 Å². The molecule has 1 aromatic carbocycles. The van der Waals surface area contributed by atoms with Crippen LogP contribution in [0.5, 0.6) is 5.75 Å². The van der Waals surface area contributed by atoms with Gasteiger partial charge in [-0.15, -0.1) is 0 Å². The van der Waals surface area contributed by atoms with Crippen LogP contribution in [0.2, 0.25) is 0 Å². The van der Waals surface area contributed by atoms with Gasteiger partial charge in [0.25, 0.3) is 0 Å². The van der Waals surface area contributed by atoms with Crippen LogP contribution in [-0.2, 0) is 11.3 Å². The van der Waals surface area contributed by atoms with Crippen molar-refractivity contribution in [2.75, 3.05) is 27.8 Å². The molecular weight excluding hydrogens is 327 g/mol. The summed E-state index contributed by atoms with van der Waals surface area (Å²) >= 11 is 0. The lowest BCUT2D eigenvalue weighted by Gasteiger charge is -2.14. The fourth-order valence-corrected chi connectivity index (χ4v) is 1.86. The number of benzene rings is 1. The summed E-state index contributed by atoms with van der Waals surface area (Å²) in [5, 5.41) is 5.44. The van der Waals surface area contributed by atoms with E-state index in [-0.39, 0.29) is 24.6 Å². The van der Waals surface area contributed by atoms with Gasteiger partial charge in [0.05, 0.1) is 20.6 Å². The van der Waals surface area contributed by atoms with Crippen molar-refractivity contribution in [1.82, 2.24) is 10.6 Å². The molecule has 0 aliphatic heterocycles. The Kier molecular flexibility index (Phi) is 7.34. The second-order valence-electron chi connectivity index (χ2n) is 4.74. The van der Waals surface area contributed by atoms with Crippen LogP contribution in [0.15, 0.2) is 23.2 Å². The summed E-state index contributed by atoms with van der Waals surface area (Å²) in [6.45, 7) is -0.0150. The van der Waals surface area contributed by atoms with Crippen LogP contribution in [0.1, 0.15) is 22.3 Å². The standard InChI is InChI=1S/C15H20F3N3O3/c1-19-14(20-7-6-15(16,17)18)21-9-10-4-5-12(23-2)11(8-10)13(22)24-3/h4-5,8H,6-7,9H2,1-3H3,(H2,19,20,21). The highest BCUT2D eigenvalue weighted by Crippen LogP contribution is 2.21. The molecule has 9 heteroatoms. The minimum Gasteiger partial charge on any atom is -0.496 e. The average Bonchev–Trinajstić information content (AvgIpc) is 2.55. The molecule has 0 aromatic heterocycles. The third-order valence-electron chi connectivity index (χ3n) is 3.05. The SMILES string of the molecule is CN=C(NCCC(F)(F)F)NCc1ccc(OC)c(C(=O)OC)c1. The molecule has 2 N–H and O–H groups in total. The van der Waals surface area contributed by atoms with Gasteiger partial charge in [0, 0.05) is 20.1 Å². The first-order chi connectivity index (χ1) is 11.3. The number of halogens is 3. The van der Waals surface area contributed by atoms with E-state index in [1.54, 1.807) is 18.2 Å². The number of aliphatic imine (C=N–C) groups is 1. The van der Waals surface area contributed by atoms with Crippen molar-refractivity contribution in [3.05, 3.63) is 29.3 Å². The highest BCUT2D eigenvalue weighted by atomic mass is 19.4. The quantitative estimate of drug-likeness (QED) is 0.468. The van der Waals surface area contributed by atoms with Gasteiger partial charge in [0.2, 0.25) is 0 Å². The van der Waals surface area contributed by atoms with E-state index in [0.717, 1.165) is 5.56 Å². The molecule has 0 spiro atoms. The van der Waals surface area contributed by atoms with Crippen LogP contribution in [-0.4, -0.2) is 45.9 Å². The fourth-order valence-electron chi connectivity index (χ4n) is 1.86. The Bertz CT molecular complexity index is 589. The van der Waals surface area contributed by atoms with Gasteiger partial charge in [-0.05, 0) is 17.7 Å². The van der Waals surface area contributed by atoms with E-state index in [0.29, 0.717) is 5.75 Å². The molecule has 1 aromatic rings. The Morgan fingerprint density at radius 1 is 1.25 bits per heavy atom. The molecule has 0 radical (unpaired) electrons. The Morgan fingerprint density at radius 2 is 1.96 bits per heavy atom. The summed E-state index contributed by atoms with van der Waals surface area (Å²) in [6, 6.07) is 4.92. The predicted molar refractivity (Wildman–Crippen MR) is 83.2 cm³/mol. The molecule has 1 rings (SSSR count). The van der Waals surface area contributed by atoms with Gasteiger partial charge >= 0.3 is 12.1 Å². The number of guanidine groups is 1. The van der Waals surface area contributed by atoms with Crippen LogP contribution in [0.4, 0.5) is 13.2 Å². The number of hydrogen-bond acceptors (Lipinski definition) is 4. The number of nitrogens with one attached hydrogen (secondary N) is 2. The molecular formula is C15H20F3N3O3. The molecule has 6 nitrogen and oxygen atoms in total.